The number of aromatic amines is 1. The number of carbonyl (C=O) groups excluding carboxylic acids is 1. The summed E-state index contributed by atoms with van der Waals surface area (Å²) in [5, 5.41) is 14.7. The van der Waals surface area contributed by atoms with Crippen LogP contribution in [0.1, 0.15) is 32.0 Å². The van der Waals surface area contributed by atoms with E-state index in [1.54, 1.807) is 12.4 Å². The summed E-state index contributed by atoms with van der Waals surface area (Å²) < 4.78 is 0. The molecule has 1 amide bonds. The molecule has 7 nitrogen and oxygen atoms in total. The molecule has 1 aliphatic rings. The van der Waals surface area contributed by atoms with Gasteiger partial charge < -0.3 is 21.2 Å². The molecule has 0 radical (unpaired) electrons. The van der Waals surface area contributed by atoms with Crippen molar-refractivity contribution < 1.29 is 10.0 Å². The molecule has 2 rings (SSSR count). The fourth-order valence-electron chi connectivity index (χ4n) is 2.80. The van der Waals surface area contributed by atoms with Gasteiger partial charge in [0.15, 0.2) is 5.84 Å². The maximum atomic E-state index is 12.2. The summed E-state index contributed by atoms with van der Waals surface area (Å²) in [7, 11) is 0. The smallest absolute Gasteiger partial charge is 0.233 e. The Kier molecular flexibility index (Phi) is 4.26. The van der Waals surface area contributed by atoms with Crippen LogP contribution in [-0.4, -0.2) is 33.5 Å². The Balaban J connectivity index is 1.81. The number of aryl methyl sites for hydroxylation is 1. The number of aromatic nitrogens is 2. The van der Waals surface area contributed by atoms with Gasteiger partial charge in [-0.05, 0) is 25.2 Å². The number of nitrogens with two attached hydrogens (primary N) is 1. The number of H-pyrrole nitrogens is 1. The molecule has 1 aliphatic carbocycles. The van der Waals surface area contributed by atoms with Crippen LogP contribution in [0.25, 0.3) is 0 Å². The first kappa shape index (κ1) is 14.4. The molecule has 1 aromatic heterocycles. The van der Waals surface area contributed by atoms with Crippen molar-refractivity contribution in [2.75, 3.05) is 6.54 Å². The van der Waals surface area contributed by atoms with Crippen LogP contribution in [0.5, 0.6) is 0 Å². The van der Waals surface area contributed by atoms with E-state index >= 15 is 0 Å². The highest BCUT2D eigenvalue weighted by Gasteiger charge is 2.51. The lowest BCUT2D eigenvalue weighted by Crippen LogP contribution is -2.56. The minimum atomic E-state index is -0.821. The minimum absolute atomic E-state index is 0.0131. The molecule has 110 valence electrons. The molecule has 0 spiro atoms. The molecule has 1 heterocycles. The molecule has 5 N–H and O–H groups in total. The zero-order valence-electron chi connectivity index (χ0n) is 11.6. The van der Waals surface area contributed by atoms with E-state index in [1.165, 1.54) is 0 Å². The van der Waals surface area contributed by atoms with Crippen LogP contribution in [0.4, 0.5) is 0 Å². The molecular weight excluding hydrogens is 258 g/mol. The van der Waals surface area contributed by atoms with Crippen LogP contribution in [-0.2, 0) is 11.2 Å². The molecule has 1 fully saturated rings. The predicted molar refractivity (Wildman–Crippen MR) is 74.2 cm³/mol. The Morgan fingerprint density at radius 2 is 2.45 bits per heavy atom. The van der Waals surface area contributed by atoms with Crippen molar-refractivity contribution in [3.63, 3.8) is 0 Å². The van der Waals surface area contributed by atoms with Gasteiger partial charge in [-0.3, -0.25) is 4.79 Å². The third-order valence-electron chi connectivity index (χ3n) is 3.86. The normalized spacial score (nSPS) is 26.1. The van der Waals surface area contributed by atoms with E-state index in [4.69, 9.17) is 10.9 Å². The van der Waals surface area contributed by atoms with Crippen molar-refractivity contribution >= 4 is 11.7 Å². The Morgan fingerprint density at radius 1 is 1.70 bits per heavy atom. The van der Waals surface area contributed by atoms with Gasteiger partial charge in [0.25, 0.3) is 0 Å². The highest BCUT2D eigenvalue weighted by atomic mass is 16.4. The van der Waals surface area contributed by atoms with Crippen molar-refractivity contribution in [2.24, 2.45) is 22.2 Å². The number of imidazole rings is 1. The molecule has 0 aliphatic heterocycles. The predicted octanol–water partition coefficient (Wildman–Crippen LogP) is 0.621. The van der Waals surface area contributed by atoms with Crippen LogP contribution in [0, 0.1) is 11.3 Å². The topological polar surface area (TPSA) is 116 Å². The van der Waals surface area contributed by atoms with Crippen molar-refractivity contribution in [1.29, 1.82) is 0 Å². The molecule has 1 aromatic rings. The summed E-state index contributed by atoms with van der Waals surface area (Å²) in [6.45, 7) is 2.60. The number of amides is 1. The van der Waals surface area contributed by atoms with Gasteiger partial charge >= 0.3 is 0 Å². The SMILES string of the molecule is CC1CC(C(=O)NCCCc2ncc[nH]2)(/C(N)=N/O)C1. The van der Waals surface area contributed by atoms with E-state index < -0.39 is 5.41 Å². The van der Waals surface area contributed by atoms with Gasteiger partial charge in [-0.1, -0.05) is 12.1 Å². The fraction of sp³-hybridized carbons (Fsp3) is 0.615. The average Bonchev–Trinajstić information content (AvgIpc) is 2.91. The number of hydrogen-bond acceptors (Lipinski definition) is 4. The van der Waals surface area contributed by atoms with Crippen molar-refractivity contribution in [3.8, 4) is 0 Å². The lowest BCUT2D eigenvalue weighted by atomic mass is 9.61. The molecule has 0 atom stereocenters. The highest BCUT2D eigenvalue weighted by Crippen LogP contribution is 2.45. The Bertz CT molecular complexity index is 477. The minimum Gasteiger partial charge on any atom is -0.409 e. The van der Waals surface area contributed by atoms with E-state index in [1.807, 2.05) is 6.92 Å². The summed E-state index contributed by atoms with van der Waals surface area (Å²) in [6, 6.07) is 0. The van der Waals surface area contributed by atoms with Crippen molar-refractivity contribution in [1.82, 2.24) is 15.3 Å². The van der Waals surface area contributed by atoms with E-state index in [2.05, 4.69) is 20.4 Å². The van der Waals surface area contributed by atoms with Gasteiger partial charge in [-0.25, -0.2) is 4.98 Å². The first-order valence-corrected chi connectivity index (χ1v) is 6.83. The second-order valence-corrected chi connectivity index (χ2v) is 5.48. The van der Waals surface area contributed by atoms with E-state index in [-0.39, 0.29) is 11.7 Å². The van der Waals surface area contributed by atoms with E-state index in [0.29, 0.717) is 25.3 Å². The summed E-state index contributed by atoms with van der Waals surface area (Å²) in [5.74, 6) is 1.19. The number of oxime groups is 1. The van der Waals surface area contributed by atoms with Gasteiger partial charge in [-0.2, -0.15) is 0 Å². The van der Waals surface area contributed by atoms with Gasteiger partial charge in [0.2, 0.25) is 5.91 Å². The molecule has 0 aromatic carbocycles. The van der Waals surface area contributed by atoms with Crippen LogP contribution >= 0.6 is 0 Å². The third kappa shape index (κ3) is 2.76. The largest absolute Gasteiger partial charge is 0.409 e. The molecule has 0 bridgehead atoms. The Hall–Kier alpha value is -2.05. The average molecular weight is 279 g/mol. The molecule has 0 unspecified atom stereocenters. The maximum Gasteiger partial charge on any atom is 0.233 e. The Labute approximate surface area is 117 Å². The molecular formula is C13H21N5O2. The number of carbonyl (C=O) groups is 1. The summed E-state index contributed by atoms with van der Waals surface area (Å²) in [6.07, 6.45) is 6.31. The molecule has 20 heavy (non-hydrogen) atoms. The summed E-state index contributed by atoms with van der Waals surface area (Å²) in [4.78, 5) is 19.4. The second-order valence-electron chi connectivity index (χ2n) is 5.48. The van der Waals surface area contributed by atoms with E-state index in [9.17, 15) is 4.79 Å². The van der Waals surface area contributed by atoms with E-state index in [0.717, 1.165) is 18.7 Å². The fourth-order valence-corrected chi connectivity index (χ4v) is 2.80. The quantitative estimate of drug-likeness (QED) is 0.201. The zero-order chi connectivity index (χ0) is 14.6. The highest BCUT2D eigenvalue weighted by molar-refractivity contribution is 6.07. The maximum absolute atomic E-state index is 12.2. The number of hydrogen-bond donors (Lipinski definition) is 4. The molecule has 1 saturated carbocycles. The first-order chi connectivity index (χ1) is 9.58. The zero-order valence-corrected chi connectivity index (χ0v) is 11.6. The number of rotatable bonds is 6. The third-order valence-corrected chi connectivity index (χ3v) is 3.86. The standard InChI is InChI=1S/C13H21N5O2/c1-9-7-13(8-9,11(14)18-20)12(19)17-4-2-3-10-15-5-6-16-10/h5-6,9,20H,2-4,7-8H2,1H3,(H2,14,18)(H,15,16)(H,17,19). The van der Waals surface area contributed by atoms with Gasteiger partial charge in [0.05, 0.1) is 0 Å². The lowest BCUT2D eigenvalue weighted by molar-refractivity contribution is -0.133. The second kappa shape index (κ2) is 5.94. The Morgan fingerprint density at radius 3 is 3.00 bits per heavy atom. The van der Waals surface area contributed by atoms with Crippen LogP contribution in [0.15, 0.2) is 17.5 Å². The van der Waals surface area contributed by atoms with Crippen LogP contribution in [0.3, 0.4) is 0 Å². The van der Waals surface area contributed by atoms with Gasteiger partial charge in [0, 0.05) is 25.4 Å². The van der Waals surface area contributed by atoms with Crippen molar-refractivity contribution in [2.45, 2.75) is 32.6 Å². The summed E-state index contributed by atoms with van der Waals surface area (Å²) in [5.41, 5.74) is 4.86. The van der Waals surface area contributed by atoms with Gasteiger partial charge in [0.1, 0.15) is 11.2 Å². The first-order valence-electron chi connectivity index (χ1n) is 6.83. The molecule has 0 saturated heterocycles. The monoisotopic (exact) mass is 279 g/mol. The van der Waals surface area contributed by atoms with Crippen LogP contribution in [0.2, 0.25) is 0 Å². The number of amidine groups is 1. The lowest BCUT2D eigenvalue weighted by Gasteiger charge is -2.43. The van der Waals surface area contributed by atoms with Crippen LogP contribution < -0.4 is 11.1 Å². The number of nitrogens with one attached hydrogen (secondary N) is 2. The van der Waals surface area contributed by atoms with Crippen molar-refractivity contribution in [3.05, 3.63) is 18.2 Å². The number of nitrogens with zero attached hydrogens (tertiary/aromatic N) is 2. The van der Waals surface area contributed by atoms with Gasteiger partial charge in [-0.15, -0.1) is 0 Å². The molecule has 7 heteroatoms. The summed E-state index contributed by atoms with van der Waals surface area (Å²) >= 11 is 0.